The number of nitrogen functional groups attached to an aromatic ring is 1. The second-order valence-electron chi connectivity index (χ2n) is 22.2. The van der Waals surface area contributed by atoms with Gasteiger partial charge in [0.25, 0.3) is 11.8 Å². The number of nitrogens with two attached hydrogens (primary N) is 1. The van der Waals surface area contributed by atoms with Crippen molar-refractivity contribution in [2.24, 2.45) is 5.41 Å². The van der Waals surface area contributed by atoms with Crippen molar-refractivity contribution in [2.75, 3.05) is 92.4 Å². The topological polar surface area (TPSA) is 289 Å². The van der Waals surface area contributed by atoms with Crippen LogP contribution in [0.2, 0.25) is 0 Å². The highest BCUT2D eigenvalue weighted by molar-refractivity contribution is 5.96. The van der Waals surface area contributed by atoms with E-state index in [2.05, 4.69) is 54.5 Å². The number of rotatable bonds is 25. The summed E-state index contributed by atoms with van der Waals surface area (Å²) < 4.78 is 50.5. The van der Waals surface area contributed by atoms with Crippen LogP contribution in [-0.4, -0.2) is 158 Å². The summed E-state index contributed by atoms with van der Waals surface area (Å²) in [5, 5.41) is 26.9. The van der Waals surface area contributed by atoms with Gasteiger partial charge in [0.2, 0.25) is 23.6 Å². The number of nitriles is 1. The summed E-state index contributed by atoms with van der Waals surface area (Å²) in [6, 6.07) is 18.0. The number of halogens is 1. The number of benzene rings is 3. The first-order valence-electron chi connectivity index (χ1n) is 28.7. The number of ether oxygens (including phenoxy) is 6. The molecule has 0 saturated carbocycles. The number of nitrogens with zero attached hydrogens (tertiary/aromatic N) is 7. The summed E-state index contributed by atoms with van der Waals surface area (Å²) in [6.45, 7) is 10.4. The smallest absolute Gasteiger partial charge is 0.258 e. The number of carbonyl (C=O) groups is 5. The minimum Gasteiger partial charge on any atom is -0.491 e. The summed E-state index contributed by atoms with van der Waals surface area (Å²) in [4.78, 5) is 80.0. The molecular formula is C61H77FN12O11. The van der Waals surface area contributed by atoms with Gasteiger partial charge in [-0.2, -0.15) is 10.4 Å². The van der Waals surface area contributed by atoms with Gasteiger partial charge in [0.05, 0.1) is 102 Å². The molecule has 0 fully saturated rings. The van der Waals surface area contributed by atoms with E-state index < -0.39 is 35.3 Å². The van der Waals surface area contributed by atoms with Crippen LogP contribution in [-0.2, 0) is 70.6 Å². The van der Waals surface area contributed by atoms with E-state index >= 15 is 0 Å². The molecule has 5 aromatic rings. The average Bonchev–Trinajstić information content (AvgIpc) is 2.15. The van der Waals surface area contributed by atoms with Gasteiger partial charge in [0, 0.05) is 44.1 Å². The van der Waals surface area contributed by atoms with Crippen molar-refractivity contribution in [3.05, 3.63) is 117 Å². The Balaban J connectivity index is 0.714. The van der Waals surface area contributed by atoms with Crippen LogP contribution in [0.25, 0.3) is 11.3 Å². The first-order valence-corrected chi connectivity index (χ1v) is 28.7. The molecule has 4 atom stereocenters. The molecule has 23 nitrogen and oxygen atoms in total. The molecule has 0 radical (unpaired) electrons. The van der Waals surface area contributed by atoms with Gasteiger partial charge in [-0.05, 0) is 91.2 Å². The zero-order valence-electron chi connectivity index (χ0n) is 49.2. The zero-order valence-corrected chi connectivity index (χ0v) is 49.2. The highest BCUT2D eigenvalue weighted by Crippen LogP contribution is 2.36. The number of aryl methyl sites for hydroxylation is 1. The summed E-state index contributed by atoms with van der Waals surface area (Å²) in [5.74, 6) is -1.61. The van der Waals surface area contributed by atoms with Crippen molar-refractivity contribution in [1.82, 2.24) is 50.8 Å². The lowest BCUT2D eigenvalue weighted by atomic mass is 9.84. The Kier molecular flexibility index (Phi) is 21.9. The Morgan fingerprint density at radius 2 is 1.61 bits per heavy atom. The van der Waals surface area contributed by atoms with Crippen molar-refractivity contribution in [1.29, 1.82) is 5.26 Å². The monoisotopic (exact) mass is 1170 g/mol. The summed E-state index contributed by atoms with van der Waals surface area (Å²) in [6.07, 6.45) is 3.65. The van der Waals surface area contributed by atoms with E-state index in [4.69, 9.17) is 34.2 Å². The molecule has 2 aliphatic heterocycles. The van der Waals surface area contributed by atoms with Crippen LogP contribution >= 0.6 is 0 Å². The maximum absolute atomic E-state index is 14.6. The number of anilines is 1. The third kappa shape index (κ3) is 16.4. The summed E-state index contributed by atoms with van der Waals surface area (Å²) >= 11 is 0. The second-order valence-corrected chi connectivity index (χ2v) is 22.2. The standard InChI is InChI=1S/C61H77FN12O11/c1-38-46-32-42(62)15-17-45(46)59(78)72(6)37-49-54(48-34-67-56(64)58(69-48)85-38)51(33-63)74(71-49)20-19-66-52(75)18-21-80-22-23-81-24-25-82-26-27-83-28-29-84-43-16-14-40-31-50(57(77)68-47-13-9-11-39-10-7-8-12-44(39)47)73(36-41(40)30-43)60(79)55(61(2,3)4)70-53(76)35-65-5/h7-8,10,12,14-17,30,32,34,38,47,50,55,65H,9,11,13,18-29,31,35-37H2,1-6H3,(H2,64,67)(H,66,75)(H,68,77)(H,70,76)/t38-,47+,50-,55+/m1/s1. The van der Waals surface area contributed by atoms with Crippen molar-refractivity contribution >= 4 is 35.4 Å². The lowest BCUT2D eigenvalue weighted by Crippen LogP contribution is -2.61. The first-order chi connectivity index (χ1) is 40.9. The van der Waals surface area contributed by atoms with Crippen LogP contribution in [0, 0.1) is 22.6 Å². The van der Waals surface area contributed by atoms with E-state index in [1.807, 2.05) is 51.1 Å². The van der Waals surface area contributed by atoms with Crippen LogP contribution < -0.4 is 36.5 Å². The van der Waals surface area contributed by atoms with Crippen molar-refractivity contribution in [3.8, 4) is 29.0 Å². The number of carbonyl (C=O) groups excluding carboxylic acids is 5. The Morgan fingerprint density at radius 1 is 0.894 bits per heavy atom. The predicted octanol–water partition coefficient (Wildman–Crippen LogP) is 4.51. The van der Waals surface area contributed by atoms with Crippen molar-refractivity contribution in [2.45, 2.75) is 104 Å². The Bertz CT molecular complexity index is 3220. The number of hydrogen-bond acceptors (Lipinski definition) is 17. The number of nitrogens with one attached hydrogen (secondary N) is 4. The van der Waals surface area contributed by atoms with Crippen LogP contribution in [0.1, 0.15) is 109 Å². The number of amides is 5. The van der Waals surface area contributed by atoms with E-state index in [0.717, 1.165) is 36.0 Å². The van der Waals surface area contributed by atoms with Crippen LogP contribution in [0.5, 0.6) is 11.6 Å². The van der Waals surface area contributed by atoms with E-state index in [1.54, 1.807) is 25.9 Å². The minimum absolute atomic E-state index is 0.0322. The van der Waals surface area contributed by atoms with Crippen LogP contribution in [0.3, 0.4) is 0 Å². The molecule has 5 amide bonds. The molecule has 0 spiro atoms. The zero-order chi connectivity index (χ0) is 60.6. The molecule has 8 rings (SSSR count). The normalized spacial score (nSPS) is 16.9. The van der Waals surface area contributed by atoms with E-state index in [9.17, 15) is 33.6 Å². The maximum Gasteiger partial charge on any atom is 0.258 e. The van der Waals surface area contributed by atoms with Gasteiger partial charge in [-0.15, -0.1) is 0 Å². The number of likely N-dealkylation sites (N-methyl/N-ethyl adjacent to an activating group) is 1. The highest BCUT2D eigenvalue weighted by Gasteiger charge is 2.43. The Hall–Kier alpha value is -8.08. The average molecular weight is 1170 g/mol. The molecule has 0 unspecified atom stereocenters. The molecule has 6 N–H and O–H groups in total. The number of aromatic nitrogens is 4. The lowest BCUT2D eigenvalue weighted by Gasteiger charge is -2.41. The Morgan fingerprint density at radius 3 is 2.33 bits per heavy atom. The van der Waals surface area contributed by atoms with Gasteiger partial charge >= 0.3 is 0 Å². The van der Waals surface area contributed by atoms with E-state index in [0.29, 0.717) is 68.6 Å². The van der Waals surface area contributed by atoms with Gasteiger partial charge in [0.15, 0.2) is 5.82 Å². The van der Waals surface area contributed by atoms with Gasteiger partial charge in [-0.1, -0.05) is 51.1 Å². The van der Waals surface area contributed by atoms with E-state index in [1.165, 1.54) is 39.5 Å². The molecule has 4 heterocycles. The fourth-order valence-electron chi connectivity index (χ4n) is 10.6. The molecule has 2 bridgehead atoms. The van der Waals surface area contributed by atoms with Crippen molar-refractivity contribution < 1.29 is 56.8 Å². The fourth-order valence-corrected chi connectivity index (χ4v) is 10.6. The largest absolute Gasteiger partial charge is 0.491 e. The Labute approximate surface area is 494 Å². The molecule has 0 saturated heterocycles. The quantitative estimate of drug-likeness (QED) is 0.0503. The third-order valence-electron chi connectivity index (χ3n) is 14.9. The highest BCUT2D eigenvalue weighted by atomic mass is 19.1. The summed E-state index contributed by atoms with van der Waals surface area (Å²) in [7, 11) is 3.24. The van der Waals surface area contributed by atoms with Crippen molar-refractivity contribution in [3.63, 3.8) is 0 Å². The molecule has 454 valence electrons. The summed E-state index contributed by atoms with van der Waals surface area (Å²) in [5.41, 5.74) is 11.1. The molecule has 3 aromatic carbocycles. The fraction of sp³-hybridized carbons (Fsp3) is 0.492. The molecule has 3 aliphatic rings. The molecule has 1 aliphatic carbocycles. The van der Waals surface area contributed by atoms with E-state index in [-0.39, 0.29) is 117 Å². The van der Waals surface area contributed by atoms with Gasteiger partial charge in [0.1, 0.15) is 48.1 Å². The second kappa shape index (κ2) is 29.6. The van der Waals surface area contributed by atoms with Gasteiger partial charge < -0.3 is 65.2 Å². The molecule has 2 aromatic heterocycles. The lowest BCUT2D eigenvalue weighted by molar-refractivity contribution is -0.147. The predicted molar refractivity (Wildman–Crippen MR) is 310 cm³/mol. The molecule has 24 heteroatoms. The molecule has 85 heavy (non-hydrogen) atoms. The molecular weight excluding hydrogens is 1100 g/mol. The van der Waals surface area contributed by atoms with Gasteiger partial charge in [-0.25, -0.2) is 14.4 Å². The maximum atomic E-state index is 14.6. The number of fused-ring (bicyclic) bond motifs is 7. The minimum atomic E-state index is -0.881. The number of hydrogen-bond donors (Lipinski definition) is 5. The van der Waals surface area contributed by atoms with Crippen LogP contribution in [0.4, 0.5) is 10.2 Å². The van der Waals surface area contributed by atoms with Gasteiger partial charge in [-0.3, -0.25) is 28.7 Å². The third-order valence-corrected chi connectivity index (χ3v) is 14.9. The SMILES string of the molecule is CNCC(=O)N[C@@H](C(=O)N1Cc2cc(OCCOCCOCCOCCOCCC(=O)NCCn3nc4c(c3C#N)-c3cnc(N)c(n3)O[C@H](C)c3cc(F)ccc3C(=O)N(C)C4)ccc2C[C@@H]1C(=O)N[C@H]1CCCc2ccccc21)C(C)(C)C. The first kappa shape index (κ1) is 63.0. The van der Waals surface area contributed by atoms with Crippen LogP contribution in [0.15, 0.2) is 66.9 Å².